The van der Waals surface area contributed by atoms with Crippen LogP contribution in [0.15, 0.2) is 23.4 Å². The van der Waals surface area contributed by atoms with Gasteiger partial charge in [-0.3, -0.25) is 0 Å². The second-order valence-electron chi connectivity index (χ2n) is 4.76. The second-order valence-corrected chi connectivity index (χ2v) is 4.76. The summed E-state index contributed by atoms with van der Waals surface area (Å²) in [5.41, 5.74) is 4.69. The maximum Gasteiger partial charge on any atom is 0.354 e. The monoisotopic (exact) mass is 298 g/mol. The Morgan fingerprint density at radius 3 is 2.86 bits per heavy atom. The lowest BCUT2D eigenvalue weighted by atomic mass is 9.89. The van der Waals surface area contributed by atoms with Crippen molar-refractivity contribution in [3.8, 4) is 0 Å². The lowest BCUT2D eigenvalue weighted by Crippen LogP contribution is -2.43. The van der Waals surface area contributed by atoms with Crippen LogP contribution in [-0.2, 0) is 20.8 Å². The minimum atomic E-state index is -1.44. The number of benzene rings is 1. The molecule has 1 aromatic carbocycles. The van der Waals surface area contributed by atoms with Crippen molar-refractivity contribution in [2.24, 2.45) is 10.9 Å². The number of oxime groups is 1. The van der Waals surface area contributed by atoms with Gasteiger partial charge in [0.05, 0.1) is 12.3 Å². The Balaban J connectivity index is 2.27. The largest absolute Gasteiger partial charge is 0.463 e. The van der Waals surface area contributed by atoms with Gasteiger partial charge in [0.25, 0.3) is 0 Å². The van der Waals surface area contributed by atoms with Gasteiger partial charge in [-0.05, 0) is 18.6 Å². The molecular weight excluding hydrogens is 282 g/mol. The summed E-state index contributed by atoms with van der Waals surface area (Å²) in [6.45, 7) is 1.95. The van der Waals surface area contributed by atoms with Gasteiger partial charge in [-0.2, -0.15) is 0 Å². The number of halogens is 2. The summed E-state index contributed by atoms with van der Waals surface area (Å²) in [5.74, 6) is -2.07. The lowest BCUT2D eigenvalue weighted by Gasteiger charge is -2.24. The normalized spacial score (nSPS) is 20.9. The highest BCUT2D eigenvalue weighted by atomic mass is 19.1. The molecule has 0 aliphatic carbocycles. The van der Waals surface area contributed by atoms with E-state index in [0.717, 1.165) is 12.1 Å². The first-order chi connectivity index (χ1) is 10.0. The Hall–Kier alpha value is -2.02. The predicted octanol–water partition coefficient (Wildman–Crippen LogP) is 1.54. The van der Waals surface area contributed by atoms with Crippen LogP contribution in [0.3, 0.4) is 0 Å². The average molecular weight is 298 g/mol. The van der Waals surface area contributed by atoms with Crippen molar-refractivity contribution in [2.45, 2.75) is 25.4 Å². The first-order valence-electron chi connectivity index (χ1n) is 6.56. The van der Waals surface area contributed by atoms with E-state index in [2.05, 4.69) is 5.16 Å². The van der Waals surface area contributed by atoms with Gasteiger partial charge < -0.3 is 15.3 Å². The molecule has 2 N–H and O–H groups in total. The highest BCUT2D eigenvalue weighted by molar-refractivity contribution is 5.94. The molecule has 1 aromatic rings. The highest BCUT2D eigenvalue weighted by Crippen LogP contribution is 2.30. The molecule has 0 spiro atoms. The Kier molecular flexibility index (Phi) is 4.52. The van der Waals surface area contributed by atoms with Gasteiger partial charge in [-0.25, -0.2) is 13.6 Å². The third kappa shape index (κ3) is 3.18. The fourth-order valence-electron chi connectivity index (χ4n) is 2.17. The summed E-state index contributed by atoms with van der Waals surface area (Å²) in [7, 11) is 0. The Morgan fingerprint density at radius 1 is 1.52 bits per heavy atom. The molecule has 0 saturated carbocycles. The lowest BCUT2D eigenvalue weighted by molar-refractivity contribution is -0.169. The molecule has 1 aliphatic heterocycles. The Morgan fingerprint density at radius 2 is 2.29 bits per heavy atom. The van der Waals surface area contributed by atoms with Crippen LogP contribution in [0.1, 0.15) is 18.9 Å². The van der Waals surface area contributed by atoms with E-state index in [1.165, 1.54) is 6.07 Å². The summed E-state index contributed by atoms with van der Waals surface area (Å²) in [6, 6.07) is 3.15. The quantitative estimate of drug-likeness (QED) is 0.837. The number of nitrogens with zero attached hydrogens (tertiary/aromatic N) is 1. The molecular formula is C14H16F2N2O3. The summed E-state index contributed by atoms with van der Waals surface area (Å²) in [5, 5.41) is 3.75. The van der Waals surface area contributed by atoms with E-state index in [1.807, 2.05) is 0 Å². The molecule has 0 bridgehead atoms. The number of esters is 1. The van der Waals surface area contributed by atoms with Crippen molar-refractivity contribution in [3.05, 3.63) is 35.4 Å². The average Bonchev–Trinajstić information content (AvgIpc) is 2.87. The molecule has 1 heterocycles. The molecule has 0 radical (unpaired) electrons. The van der Waals surface area contributed by atoms with E-state index in [1.54, 1.807) is 6.92 Å². The molecule has 5 nitrogen and oxygen atoms in total. The molecule has 7 heteroatoms. The number of nitrogens with two attached hydrogens (primary N) is 1. The fourth-order valence-corrected chi connectivity index (χ4v) is 2.17. The van der Waals surface area contributed by atoms with Crippen molar-refractivity contribution in [1.29, 1.82) is 0 Å². The molecule has 21 heavy (non-hydrogen) atoms. The standard InChI is InChI=1S/C14H16F2N2O3/c1-2-20-13(19)14(7-11(8-17)18-21-14)6-9-3-4-10(15)5-12(9)16/h3-5H,2,6-8,17H2,1H3. The van der Waals surface area contributed by atoms with Crippen molar-refractivity contribution in [2.75, 3.05) is 13.2 Å². The van der Waals surface area contributed by atoms with Crippen molar-refractivity contribution >= 4 is 11.7 Å². The van der Waals surface area contributed by atoms with Gasteiger partial charge in [-0.15, -0.1) is 0 Å². The fraction of sp³-hybridized carbons (Fsp3) is 0.429. The molecule has 114 valence electrons. The van der Waals surface area contributed by atoms with E-state index >= 15 is 0 Å². The number of carbonyl (C=O) groups excluding carboxylic acids is 1. The number of rotatable bonds is 5. The minimum absolute atomic E-state index is 0.106. The maximum absolute atomic E-state index is 13.8. The molecule has 0 fully saturated rings. The third-order valence-electron chi connectivity index (χ3n) is 3.21. The van der Waals surface area contributed by atoms with Crippen LogP contribution in [0.25, 0.3) is 0 Å². The van der Waals surface area contributed by atoms with Gasteiger partial charge in [0.15, 0.2) is 0 Å². The van der Waals surface area contributed by atoms with Crippen LogP contribution >= 0.6 is 0 Å². The maximum atomic E-state index is 13.8. The Bertz CT molecular complexity index is 577. The molecule has 1 aliphatic rings. The molecule has 2 rings (SSSR count). The van der Waals surface area contributed by atoms with Crippen LogP contribution in [0.5, 0.6) is 0 Å². The number of hydrogen-bond donors (Lipinski definition) is 1. The molecule has 1 unspecified atom stereocenters. The van der Waals surface area contributed by atoms with E-state index in [0.29, 0.717) is 5.71 Å². The highest BCUT2D eigenvalue weighted by Gasteiger charge is 2.48. The van der Waals surface area contributed by atoms with Crippen molar-refractivity contribution < 1.29 is 23.1 Å². The van der Waals surface area contributed by atoms with Crippen molar-refractivity contribution in [1.82, 2.24) is 0 Å². The summed E-state index contributed by atoms with van der Waals surface area (Å²) >= 11 is 0. The van der Waals surface area contributed by atoms with Crippen molar-refractivity contribution in [3.63, 3.8) is 0 Å². The zero-order valence-corrected chi connectivity index (χ0v) is 11.6. The predicted molar refractivity (Wildman–Crippen MR) is 71.6 cm³/mol. The van der Waals surface area contributed by atoms with Crippen LogP contribution in [0.4, 0.5) is 8.78 Å². The molecule has 0 amide bonds. The van der Waals surface area contributed by atoms with Gasteiger partial charge >= 0.3 is 5.97 Å². The molecule has 0 saturated heterocycles. The number of carbonyl (C=O) groups is 1. The number of hydrogen-bond acceptors (Lipinski definition) is 5. The number of ether oxygens (including phenoxy) is 1. The zero-order chi connectivity index (χ0) is 15.5. The van der Waals surface area contributed by atoms with Gasteiger partial charge in [0.2, 0.25) is 5.60 Å². The van der Waals surface area contributed by atoms with E-state index in [9.17, 15) is 13.6 Å². The topological polar surface area (TPSA) is 73.9 Å². The van der Waals surface area contributed by atoms with Gasteiger partial charge in [0.1, 0.15) is 11.6 Å². The second kappa shape index (κ2) is 6.17. The van der Waals surface area contributed by atoms with Crippen LogP contribution < -0.4 is 5.73 Å². The summed E-state index contributed by atoms with van der Waals surface area (Å²) < 4.78 is 31.7. The smallest absolute Gasteiger partial charge is 0.354 e. The van der Waals surface area contributed by atoms with Gasteiger partial charge in [0, 0.05) is 25.5 Å². The Labute approximate surface area is 120 Å². The van der Waals surface area contributed by atoms with Crippen LogP contribution in [0, 0.1) is 11.6 Å². The third-order valence-corrected chi connectivity index (χ3v) is 3.21. The first kappa shape index (κ1) is 15.4. The van der Waals surface area contributed by atoms with E-state index < -0.39 is 23.2 Å². The first-order valence-corrected chi connectivity index (χ1v) is 6.56. The summed E-state index contributed by atoms with van der Waals surface area (Å²) in [6.07, 6.45) is 0.0180. The van der Waals surface area contributed by atoms with E-state index in [-0.39, 0.29) is 31.6 Å². The zero-order valence-electron chi connectivity index (χ0n) is 11.6. The SMILES string of the molecule is CCOC(=O)C1(Cc2ccc(F)cc2F)CC(CN)=NO1. The van der Waals surface area contributed by atoms with Gasteiger partial charge in [-0.1, -0.05) is 11.2 Å². The molecule has 0 aromatic heterocycles. The minimum Gasteiger partial charge on any atom is -0.463 e. The summed E-state index contributed by atoms with van der Waals surface area (Å²) in [4.78, 5) is 17.4. The molecule has 1 atom stereocenters. The van der Waals surface area contributed by atoms with Crippen LogP contribution in [-0.4, -0.2) is 30.4 Å². The van der Waals surface area contributed by atoms with E-state index in [4.69, 9.17) is 15.3 Å². The van der Waals surface area contributed by atoms with Crippen LogP contribution in [0.2, 0.25) is 0 Å².